The highest BCUT2D eigenvalue weighted by molar-refractivity contribution is 8.00. The molecule has 0 spiro atoms. The van der Waals surface area contributed by atoms with Gasteiger partial charge < -0.3 is 50.3 Å². The number of pyridine rings is 1. The van der Waals surface area contributed by atoms with E-state index in [-0.39, 0.29) is 50.1 Å². The summed E-state index contributed by atoms with van der Waals surface area (Å²) in [5.41, 5.74) is 1.49. The lowest BCUT2D eigenvalue weighted by molar-refractivity contribution is -0.157. The van der Waals surface area contributed by atoms with Crippen LogP contribution in [0.1, 0.15) is 80.0 Å². The summed E-state index contributed by atoms with van der Waals surface area (Å²) in [6.07, 6.45) is 2.40. The van der Waals surface area contributed by atoms with Crippen molar-refractivity contribution in [1.29, 1.82) is 0 Å². The Morgan fingerprint density at radius 2 is 1.58 bits per heavy atom. The molecule has 9 atom stereocenters. The zero-order valence-corrected chi connectivity index (χ0v) is 42.9. The monoisotopic (exact) mass is 1020 g/mol. The highest BCUT2D eigenvalue weighted by Gasteiger charge is 2.48. The van der Waals surface area contributed by atoms with Crippen LogP contribution in [-0.2, 0) is 44.7 Å². The minimum absolute atomic E-state index is 0.0289. The van der Waals surface area contributed by atoms with E-state index in [9.17, 15) is 29.1 Å². The van der Waals surface area contributed by atoms with Crippen LogP contribution < -0.4 is 20.9 Å². The van der Waals surface area contributed by atoms with Crippen molar-refractivity contribution in [1.82, 2.24) is 40.5 Å². The number of hydrogen-bond acceptors (Lipinski definition) is 14. The molecule has 20 heteroatoms. The first-order valence-electron chi connectivity index (χ1n) is 25.3. The number of anilines is 1. The molecule has 3 unspecified atom stereocenters. The minimum atomic E-state index is -1.69. The van der Waals surface area contributed by atoms with Crippen molar-refractivity contribution >= 4 is 64.6 Å². The molecule has 2 aromatic carbocycles. The number of aromatic nitrogens is 1. The van der Waals surface area contributed by atoms with Crippen LogP contribution in [-0.4, -0.2) is 178 Å². The zero-order valence-electron chi connectivity index (χ0n) is 42.1. The summed E-state index contributed by atoms with van der Waals surface area (Å²) in [4.78, 5) is 130. The number of ether oxygens (including phenoxy) is 1. The number of likely N-dealkylation sites (N-methyl/N-ethyl adjacent to an activating group) is 1. The van der Waals surface area contributed by atoms with E-state index in [1.165, 1.54) is 47.0 Å². The molecule has 0 aliphatic carbocycles. The molecule has 2 bridgehead atoms. The summed E-state index contributed by atoms with van der Waals surface area (Å²) < 4.78 is 5.97. The van der Waals surface area contributed by atoms with Gasteiger partial charge in [0.05, 0.1) is 0 Å². The van der Waals surface area contributed by atoms with Crippen LogP contribution in [0.3, 0.4) is 0 Å². The molecule has 7 heterocycles. The van der Waals surface area contributed by atoms with Crippen molar-refractivity contribution in [2.75, 3.05) is 64.5 Å². The first-order chi connectivity index (χ1) is 35.0. The number of carbonyl (C=O) groups excluding carboxylic acids is 8. The number of cyclic esters (lactones) is 1. The van der Waals surface area contributed by atoms with Gasteiger partial charge in [0.1, 0.15) is 47.8 Å². The predicted molar refractivity (Wildman–Crippen MR) is 272 cm³/mol. The van der Waals surface area contributed by atoms with Crippen molar-refractivity contribution in [3.63, 3.8) is 0 Å². The molecule has 390 valence electrons. The smallest absolute Gasteiger partial charge is 0.333 e. The van der Waals surface area contributed by atoms with Gasteiger partial charge in [-0.1, -0.05) is 49.4 Å². The van der Waals surface area contributed by atoms with E-state index in [1.807, 2.05) is 43.3 Å². The lowest BCUT2D eigenvalue weighted by Crippen LogP contribution is -2.63. The first-order valence-corrected chi connectivity index (χ1v) is 26.4. The number of aromatic hydroxyl groups is 1. The van der Waals surface area contributed by atoms with Crippen molar-refractivity contribution in [2.24, 2.45) is 11.8 Å². The van der Waals surface area contributed by atoms with Crippen LogP contribution in [0.25, 0.3) is 0 Å². The summed E-state index contributed by atoms with van der Waals surface area (Å²) in [5, 5.41) is 18.8. The summed E-state index contributed by atoms with van der Waals surface area (Å²) in [5.74, 6) is -5.83. The predicted octanol–water partition coefficient (Wildman–Crippen LogP) is 2.32. The van der Waals surface area contributed by atoms with Gasteiger partial charge in [0.25, 0.3) is 5.91 Å². The Balaban J connectivity index is 1.19. The standard InChI is InChI=1S/C53H67N9O10S/c1-6-37-50(68)61-23-11-14-38(61)51(69)59(5)40(26-32-16-18-36(19-17-32)58(3)4)52(70)62-28-35(30-73-43-29-60-24-20-33(43)21-25-60)42(64)27-39(62)47(65)57-45(34-12-8-7-9-13-34)53(71)72-31(2)44(48(66)55-37)56-49(67)46-41(63)15-10-22-54-46/h7-10,12-13,15-19,22,31,33,35,37-40,43-45,63H,6,11,14,20-21,23-30H2,1-5H3,(H,55,66)(H,56,67)(H,57,65)/t31?,35?,37-,38+,39+,40+,43?,44+,45+/m1/s1. The van der Waals surface area contributed by atoms with Gasteiger partial charge in [0.15, 0.2) is 11.7 Å². The Labute approximate surface area is 430 Å². The second-order valence-corrected chi connectivity index (χ2v) is 21.4. The van der Waals surface area contributed by atoms with Crippen LogP contribution >= 0.6 is 11.8 Å². The molecule has 6 aliphatic rings. The average molecular weight is 1020 g/mol. The Morgan fingerprint density at radius 3 is 2.23 bits per heavy atom. The fourth-order valence-electron chi connectivity index (χ4n) is 10.8. The maximum Gasteiger partial charge on any atom is 0.333 e. The number of nitrogens with zero attached hydrogens (tertiary/aromatic N) is 6. The number of hydrogen-bond donors (Lipinski definition) is 4. The van der Waals surface area contributed by atoms with Gasteiger partial charge in [0.2, 0.25) is 29.5 Å². The van der Waals surface area contributed by atoms with Crippen molar-refractivity contribution in [3.05, 3.63) is 89.7 Å². The Hall–Kier alpha value is -6.54. The molecule has 6 saturated heterocycles. The number of Topliss-reactive ketones (excluding diaryl/α,β-unsaturated/α-hetero) is 1. The SMILES string of the molecule is CC[C@H]1NC(=O)[C@@H](NC(=O)c2ncccc2O)C(C)OC(=O)[C@H](c2ccccc2)NC(=O)[C@@H]2CC(=O)C(CSC3CN4CCC3CC4)CN2C(=O)[C@H](Cc2ccc(N(C)C)cc2)N(C)C(=O)[C@@H]2CCCN2C1=O. The van der Waals surface area contributed by atoms with E-state index in [1.54, 1.807) is 49.0 Å². The van der Waals surface area contributed by atoms with E-state index in [2.05, 4.69) is 25.8 Å². The van der Waals surface area contributed by atoms with Crippen LogP contribution in [0.4, 0.5) is 5.69 Å². The van der Waals surface area contributed by atoms with Crippen molar-refractivity contribution in [2.45, 2.75) is 106 Å². The van der Waals surface area contributed by atoms with Crippen LogP contribution in [0.2, 0.25) is 0 Å². The molecule has 3 aromatic rings. The van der Waals surface area contributed by atoms with E-state index in [4.69, 9.17) is 4.74 Å². The molecule has 19 nitrogen and oxygen atoms in total. The number of benzene rings is 2. The number of fused-ring (bicyclic) bond motifs is 5. The molecular weight excluding hydrogens is 955 g/mol. The van der Waals surface area contributed by atoms with Crippen molar-refractivity contribution < 1.29 is 48.2 Å². The summed E-state index contributed by atoms with van der Waals surface area (Å²) in [7, 11) is 5.33. The second-order valence-electron chi connectivity index (χ2n) is 20.1. The maximum absolute atomic E-state index is 15.7. The molecule has 73 heavy (non-hydrogen) atoms. The minimum Gasteiger partial charge on any atom is -0.505 e. The third-order valence-electron chi connectivity index (χ3n) is 15.2. The van der Waals surface area contributed by atoms with E-state index >= 15 is 14.4 Å². The van der Waals surface area contributed by atoms with Gasteiger partial charge in [-0.05, 0) is 93.4 Å². The molecular formula is C53H67N9O10S. The topological polar surface area (TPSA) is 231 Å². The second kappa shape index (κ2) is 23.1. The summed E-state index contributed by atoms with van der Waals surface area (Å²) in [6.45, 7) is 6.11. The number of amides is 6. The number of nitrogens with one attached hydrogen (secondary N) is 3. The Bertz CT molecular complexity index is 2540. The highest BCUT2D eigenvalue weighted by Crippen LogP contribution is 2.37. The summed E-state index contributed by atoms with van der Waals surface area (Å²) >= 11 is 1.73. The van der Waals surface area contributed by atoms with Crippen LogP contribution in [0.15, 0.2) is 72.9 Å². The summed E-state index contributed by atoms with van der Waals surface area (Å²) in [6, 6.07) is 10.3. The zero-order chi connectivity index (χ0) is 52.1. The largest absolute Gasteiger partial charge is 0.505 e. The van der Waals surface area contributed by atoms with Crippen molar-refractivity contribution in [3.8, 4) is 5.75 Å². The fraction of sp³-hybridized carbons (Fsp3) is 0.528. The number of thioether (sulfide) groups is 1. The molecule has 6 fully saturated rings. The lowest BCUT2D eigenvalue weighted by atomic mass is 9.88. The normalized spacial score (nSPS) is 29.5. The molecule has 6 aliphatic heterocycles. The van der Waals surface area contributed by atoms with E-state index in [0.717, 1.165) is 43.7 Å². The number of carbonyl (C=O) groups is 8. The van der Waals surface area contributed by atoms with Gasteiger partial charge >= 0.3 is 5.97 Å². The van der Waals surface area contributed by atoms with Crippen LogP contribution in [0, 0.1) is 11.8 Å². The molecule has 6 amide bonds. The number of rotatable bonds is 10. The third-order valence-corrected chi connectivity index (χ3v) is 16.7. The molecule has 0 radical (unpaired) electrons. The molecule has 1 aromatic heterocycles. The number of ketones is 1. The van der Waals surface area contributed by atoms with Gasteiger partial charge in [-0.2, -0.15) is 11.8 Å². The highest BCUT2D eigenvalue weighted by atomic mass is 32.2. The van der Waals surface area contributed by atoms with E-state index in [0.29, 0.717) is 23.3 Å². The molecule has 0 saturated carbocycles. The quantitative estimate of drug-likeness (QED) is 0.214. The molecule has 9 rings (SSSR count). The first kappa shape index (κ1) is 52.8. The fourth-order valence-corrected chi connectivity index (χ4v) is 12.4. The van der Waals surface area contributed by atoms with Gasteiger partial charge in [0, 0.05) is 82.4 Å². The van der Waals surface area contributed by atoms with Gasteiger partial charge in [-0.15, -0.1) is 0 Å². The Kier molecular flexibility index (Phi) is 16.7. The maximum atomic E-state index is 15.7. The number of piperidine rings is 4. The van der Waals surface area contributed by atoms with Gasteiger partial charge in [-0.3, -0.25) is 33.6 Å². The van der Waals surface area contributed by atoms with Crippen LogP contribution in [0.5, 0.6) is 5.75 Å². The van der Waals surface area contributed by atoms with E-state index < -0.39 is 101 Å². The average Bonchev–Trinajstić information content (AvgIpc) is 3.89. The lowest BCUT2D eigenvalue weighted by Gasteiger charge is -2.45. The van der Waals surface area contributed by atoms with Gasteiger partial charge in [-0.25, -0.2) is 9.78 Å². The molecule has 4 N–H and O–H groups in total. The number of esters is 1. The third kappa shape index (κ3) is 11.8. The Morgan fingerprint density at radius 1 is 0.849 bits per heavy atom.